The summed E-state index contributed by atoms with van der Waals surface area (Å²) in [4.78, 5) is 12.5. The molecule has 1 aliphatic carbocycles. The minimum atomic E-state index is -0.213. The number of nitrogens with one attached hydrogen (secondary N) is 2. The highest BCUT2D eigenvalue weighted by Gasteiger charge is 2.25. The summed E-state index contributed by atoms with van der Waals surface area (Å²) in [6.07, 6.45) is 4.82. The Morgan fingerprint density at radius 3 is 2.86 bits per heavy atom. The van der Waals surface area contributed by atoms with Crippen LogP contribution >= 0.6 is 11.6 Å². The number of carbonyl (C=O) groups excluding carboxylic acids is 1. The van der Waals surface area contributed by atoms with Gasteiger partial charge >= 0.3 is 6.03 Å². The van der Waals surface area contributed by atoms with Crippen LogP contribution in [-0.4, -0.2) is 15.8 Å². The van der Waals surface area contributed by atoms with E-state index in [1.807, 2.05) is 37.4 Å². The quantitative estimate of drug-likeness (QED) is 0.647. The molecule has 0 spiro atoms. The third kappa shape index (κ3) is 4.04. The first-order valence-electron chi connectivity index (χ1n) is 9.52. The van der Waals surface area contributed by atoms with Gasteiger partial charge in [0.05, 0.1) is 18.8 Å². The predicted octanol–water partition coefficient (Wildman–Crippen LogP) is 5.09. The summed E-state index contributed by atoms with van der Waals surface area (Å²) in [5.41, 5.74) is 5.21. The van der Waals surface area contributed by atoms with E-state index < -0.39 is 0 Å². The van der Waals surface area contributed by atoms with Gasteiger partial charge in [0.25, 0.3) is 0 Å². The van der Waals surface area contributed by atoms with Crippen LogP contribution in [0.15, 0.2) is 54.7 Å². The molecular weight excluding hydrogens is 372 g/mol. The maximum atomic E-state index is 12.5. The van der Waals surface area contributed by atoms with Gasteiger partial charge in [-0.1, -0.05) is 41.9 Å². The van der Waals surface area contributed by atoms with E-state index in [1.165, 1.54) is 11.3 Å². The molecule has 2 N–H and O–H groups in total. The third-order valence-electron chi connectivity index (χ3n) is 5.16. The number of hydrogen-bond acceptors (Lipinski definition) is 2. The molecule has 2 amide bonds. The molecule has 0 saturated carbocycles. The van der Waals surface area contributed by atoms with Gasteiger partial charge in [-0.3, -0.25) is 4.68 Å². The van der Waals surface area contributed by atoms with Gasteiger partial charge in [0.1, 0.15) is 0 Å². The number of amides is 2. The van der Waals surface area contributed by atoms with E-state index >= 15 is 0 Å². The molecule has 0 saturated heterocycles. The van der Waals surface area contributed by atoms with Crippen molar-refractivity contribution in [2.24, 2.45) is 0 Å². The van der Waals surface area contributed by atoms with E-state index in [0.717, 1.165) is 42.6 Å². The fourth-order valence-electron chi connectivity index (χ4n) is 3.71. The predicted molar refractivity (Wildman–Crippen MR) is 112 cm³/mol. The van der Waals surface area contributed by atoms with Crippen molar-refractivity contribution >= 4 is 23.3 Å². The van der Waals surface area contributed by atoms with Crippen LogP contribution in [-0.2, 0) is 13.0 Å². The molecule has 4 rings (SSSR count). The molecule has 1 aromatic heterocycles. The van der Waals surface area contributed by atoms with Gasteiger partial charge in [0, 0.05) is 22.0 Å². The second kappa shape index (κ2) is 8.07. The Labute approximate surface area is 169 Å². The third-order valence-corrected chi connectivity index (χ3v) is 5.58. The summed E-state index contributed by atoms with van der Waals surface area (Å²) in [5.74, 6) is 0. The average Bonchev–Trinajstić information content (AvgIpc) is 3.09. The first-order chi connectivity index (χ1) is 13.6. The Kier molecular flexibility index (Phi) is 5.35. The van der Waals surface area contributed by atoms with Crippen molar-refractivity contribution in [1.29, 1.82) is 0 Å². The number of hydrogen-bond donors (Lipinski definition) is 2. The number of rotatable bonds is 4. The van der Waals surface area contributed by atoms with Crippen molar-refractivity contribution in [3.05, 3.63) is 82.1 Å². The first-order valence-corrected chi connectivity index (χ1v) is 9.90. The number of carbonyl (C=O) groups is 1. The van der Waals surface area contributed by atoms with Crippen molar-refractivity contribution < 1.29 is 4.79 Å². The highest BCUT2D eigenvalue weighted by Crippen LogP contribution is 2.30. The molecule has 3 aromatic rings. The SMILES string of the molecule is Cc1cc(NC(=O)NC2CCCc3c2cnn3Cc2ccccc2)ccc1Cl. The fourth-order valence-corrected chi connectivity index (χ4v) is 3.83. The lowest BCUT2D eigenvalue weighted by atomic mass is 9.93. The molecular formula is C22H23ClN4O. The lowest BCUT2D eigenvalue weighted by molar-refractivity contribution is 0.247. The van der Waals surface area contributed by atoms with Gasteiger partial charge in [-0.25, -0.2) is 4.79 Å². The van der Waals surface area contributed by atoms with Crippen LogP contribution in [0.4, 0.5) is 10.5 Å². The molecule has 1 aliphatic rings. The van der Waals surface area contributed by atoms with Crippen LogP contribution in [0.5, 0.6) is 0 Å². The van der Waals surface area contributed by atoms with Crippen LogP contribution < -0.4 is 10.6 Å². The smallest absolute Gasteiger partial charge is 0.319 e. The van der Waals surface area contributed by atoms with Crippen LogP contribution in [0.1, 0.15) is 41.3 Å². The minimum absolute atomic E-state index is 0.0262. The zero-order valence-electron chi connectivity index (χ0n) is 15.8. The number of halogens is 1. The van der Waals surface area contributed by atoms with Crippen molar-refractivity contribution in [3.63, 3.8) is 0 Å². The fraction of sp³-hybridized carbons (Fsp3) is 0.273. The lowest BCUT2D eigenvalue weighted by Crippen LogP contribution is -2.34. The van der Waals surface area contributed by atoms with E-state index in [4.69, 9.17) is 11.6 Å². The molecule has 0 radical (unpaired) electrons. The maximum absolute atomic E-state index is 12.5. The van der Waals surface area contributed by atoms with Crippen molar-refractivity contribution in [2.45, 2.75) is 38.8 Å². The lowest BCUT2D eigenvalue weighted by Gasteiger charge is -2.24. The van der Waals surface area contributed by atoms with Gasteiger partial charge in [0.2, 0.25) is 0 Å². The van der Waals surface area contributed by atoms with Gasteiger partial charge in [-0.15, -0.1) is 0 Å². The number of anilines is 1. The van der Waals surface area contributed by atoms with Crippen molar-refractivity contribution in [2.75, 3.05) is 5.32 Å². The normalized spacial score (nSPS) is 15.7. The van der Waals surface area contributed by atoms with Crippen LogP contribution in [0.25, 0.3) is 0 Å². The molecule has 6 heteroatoms. The topological polar surface area (TPSA) is 59.0 Å². The van der Waals surface area contributed by atoms with Gasteiger partial charge in [-0.05, 0) is 55.5 Å². The zero-order valence-corrected chi connectivity index (χ0v) is 16.5. The van der Waals surface area contributed by atoms with Crippen LogP contribution in [0.2, 0.25) is 5.02 Å². The molecule has 1 heterocycles. The number of benzene rings is 2. The standard InChI is InChI=1S/C22H23ClN4O/c1-15-12-17(10-11-19(15)23)25-22(28)26-20-8-5-9-21-18(20)13-24-27(21)14-16-6-3-2-4-7-16/h2-4,6-7,10-13,20H,5,8-9,14H2,1H3,(H2,25,26,28). The van der Waals surface area contributed by atoms with E-state index in [9.17, 15) is 4.79 Å². The maximum Gasteiger partial charge on any atom is 0.319 e. The Hall–Kier alpha value is -2.79. The molecule has 2 aromatic carbocycles. The largest absolute Gasteiger partial charge is 0.331 e. The number of nitrogens with zero attached hydrogens (tertiary/aromatic N) is 2. The summed E-state index contributed by atoms with van der Waals surface area (Å²) < 4.78 is 2.05. The van der Waals surface area contributed by atoms with Crippen LogP contribution in [0.3, 0.4) is 0 Å². The summed E-state index contributed by atoms with van der Waals surface area (Å²) in [5, 5.41) is 11.3. The zero-order chi connectivity index (χ0) is 19.5. The Morgan fingerprint density at radius 2 is 2.07 bits per heavy atom. The van der Waals surface area contributed by atoms with E-state index in [-0.39, 0.29) is 12.1 Å². The average molecular weight is 395 g/mol. The minimum Gasteiger partial charge on any atom is -0.331 e. The summed E-state index contributed by atoms with van der Waals surface area (Å²) in [7, 11) is 0. The first kappa shape index (κ1) is 18.6. The van der Waals surface area contributed by atoms with Crippen molar-refractivity contribution in [1.82, 2.24) is 15.1 Å². The molecule has 1 atom stereocenters. The second-order valence-electron chi connectivity index (χ2n) is 7.20. The number of fused-ring (bicyclic) bond motifs is 1. The number of aromatic nitrogens is 2. The molecule has 0 bridgehead atoms. The Morgan fingerprint density at radius 1 is 1.25 bits per heavy atom. The highest BCUT2D eigenvalue weighted by atomic mass is 35.5. The number of aryl methyl sites for hydroxylation is 1. The monoisotopic (exact) mass is 394 g/mol. The molecule has 0 aliphatic heterocycles. The highest BCUT2D eigenvalue weighted by molar-refractivity contribution is 6.31. The van der Waals surface area contributed by atoms with Crippen LogP contribution in [0, 0.1) is 6.92 Å². The summed E-state index contributed by atoms with van der Waals surface area (Å²) in [6, 6.07) is 15.5. The van der Waals surface area contributed by atoms with E-state index in [1.54, 1.807) is 12.1 Å². The van der Waals surface area contributed by atoms with Gasteiger partial charge in [0.15, 0.2) is 0 Å². The second-order valence-corrected chi connectivity index (χ2v) is 7.60. The summed E-state index contributed by atoms with van der Waals surface area (Å²) >= 11 is 6.05. The molecule has 28 heavy (non-hydrogen) atoms. The number of urea groups is 1. The molecule has 1 unspecified atom stereocenters. The van der Waals surface area contributed by atoms with Gasteiger partial charge in [-0.2, -0.15) is 5.10 Å². The molecule has 144 valence electrons. The van der Waals surface area contributed by atoms with Gasteiger partial charge < -0.3 is 10.6 Å². The van der Waals surface area contributed by atoms with E-state index in [2.05, 4.69) is 32.5 Å². The van der Waals surface area contributed by atoms with Crippen molar-refractivity contribution in [3.8, 4) is 0 Å². The summed E-state index contributed by atoms with van der Waals surface area (Å²) in [6.45, 7) is 2.67. The molecule has 0 fully saturated rings. The van der Waals surface area contributed by atoms with E-state index in [0.29, 0.717) is 5.02 Å². The molecule has 5 nitrogen and oxygen atoms in total. The Balaban J connectivity index is 1.45. The Bertz CT molecular complexity index is 983.